The Bertz CT molecular complexity index is 2040. The predicted molar refractivity (Wildman–Crippen MR) is 292 cm³/mol. The maximum Gasteiger partial charge on any atom is 0.185 e. The van der Waals surface area contributed by atoms with E-state index in [0.29, 0.717) is 25.7 Å². The molecule has 76 heavy (non-hydrogen) atoms. The van der Waals surface area contributed by atoms with Crippen LogP contribution in [0.2, 0.25) is 0 Å². The summed E-state index contributed by atoms with van der Waals surface area (Å²) < 4.78 is 30.9. The van der Waals surface area contributed by atoms with Crippen LogP contribution in [-0.4, -0.2) is 173 Å². The first-order valence-corrected chi connectivity index (χ1v) is 26.4. The molecule has 0 aliphatic carbocycles. The number of guanidine groups is 3. The molecule has 0 spiro atoms. The lowest BCUT2D eigenvalue weighted by Gasteiger charge is -2.24. The molecule has 0 saturated carbocycles. The van der Waals surface area contributed by atoms with Crippen molar-refractivity contribution in [3.05, 3.63) is 35.9 Å². The van der Waals surface area contributed by atoms with Crippen molar-refractivity contribution in [1.29, 1.82) is 0 Å². The standard InChI is InChI=1S/C51H88F2N16O7/c1-32(2)18-42-48(76)30-67-43(21-34-10-5-4-6-11-34)46(74)28-61-25-37(70)22-35(52)23-45(73)39(12-7-15-62-49(54)55)66-29-47(75)41(14-9-17-64-51(58)59)69-31-68-40(13-8-16-63-50(56)57)44(72)20-33(3)19-36(53)24-60-26-38(71)27-65-42/h4-6,10-11,32-33,35-36,39-43,60-61,65-69H,7-9,12-31H2,1-3H3,(H4,54,55,62)(H4,56,57,63)(H4,58,59,64)/t33?,35?,36?,39-,40-,41-,42-,43-/m0/s1. The molecule has 2 rings (SSSR count). The van der Waals surface area contributed by atoms with E-state index in [-0.39, 0.29) is 163 Å². The summed E-state index contributed by atoms with van der Waals surface area (Å²) in [6, 6.07) is 4.92. The van der Waals surface area contributed by atoms with Gasteiger partial charge in [-0.25, -0.2) is 8.78 Å². The molecule has 0 radical (unpaired) electrons. The summed E-state index contributed by atoms with van der Waals surface area (Å²) in [4.78, 5) is 107. The number of alkyl halides is 2. The van der Waals surface area contributed by atoms with Gasteiger partial charge in [0.1, 0.15) is 23.9 Å². The van der Waals surface area contributed by atoms with Crippen molar-refractivity contribution in [2.45, 2.75) is 140 Å². The minimum absolute atomic E-state index is 0.0126. The maximum absolute atomic E-state index is 15.6. The van der Waals surface area contributed by atoms with Crippen molar-refractivity contribution in [2.75, 3.05) is 72.1 Å². The van der Waals surface area contributed by atoms with Gasteiger partial charge in [0, 0.05) is 52.1 Å². The third-order valence-corrected chi connectivity index (χ3v) is 12.4. The predicted octanol–water partition coefficient (Wildman–Crippen LogP) is -1.77. The molecule has 1 aliphatic rings. The van der Waals surface area contributed by atoms with Crippen molar-refractivity contribution in [3.8, 4) is 0 Å². The van der Waals surface area contributed by atoms with Crippen LogP contribution in [0.5, 0.6) is 0 Å². The molecule has 1 fully saturated rings. The Morgan fingerprint density at radius 3 is 1.57 bits per heavy atom. The zero-order chi connectivity index (χ0) is 56.4. The van der Waals surface area contributed by atoms with Crippen LogP contribution in [0.1, 0.15) is 97.0 Å². The van der Waals surface area contributed by atoms with Gasteiger partial charge in [-0.3, -0.25) is 59.2 Å². The molecule has 1 aromatic carbocycles. The molecule has 0 aromatic heterocycles. The molecular formula is C51H88F2N16O7. The SMILES string of the molecule is CC(C)C[C@@H]1NCC(=O)CNCC(F)CC(C)CC(=O)[C@H](CCCN=C(N)N)NCN[C@@H](CCCN=C(N)N)C(=O)CN[C@@H](CCCN=C(N)N)C(=O)CC(F)CC(=O)CNCC(=O)[C@H](Cc2ccccc2)NCC1=O. The van der Waals surface area contributed by atoms with Crippen molar-refractivity contribution in [1.82, 2.24) is 37.2 Å². The highest BCUT2D eigenvalue weighted by molar-refractivity contribution is 5.91. The van der Waals surface area contributed by atoms with Gasteiger partial charge in [-0.1, -0.05) is 51.1 Å². The van der Waals surface area contributed by atoms with Crippen molar-refractivity contribution >= 4 is 58.4 Å². The van der Waals surface area contributed by atoms with Crippen LogP contribution in [0, 0.1) is 11.8 Å². The number of nitrogens with two attached hydrogens (primary N) is 6. The van der Waals surface area contributed by atoms with E-state index in [1.54, 1.807) is 6.92 Å². The molecule has 19 N–H and O–H groups in total. The lowest BCUT2D eigenvalue weighted by Crippen LogP contribution is -2.50. The first kappa shape index (κ1) is 66.4. The quantitative estimate of drug-likeness (QED) is 0.0495. The number of carbonyl (C=O) groups excluding carboxylic acids is 7. The number of Topliss-reactive ketones (excluding diaryl/α,β-unsaturated/α-hetero) is 7. The maximum atomic E-state index is 15.6. The molecule has 3 unspecified atom stereocenters. The Labute approximate surface area is 446 Å². The van der Waals surface area contributed by atoms with Crippen molar-refractivity contribution < 1.29 is 42.3 Å². The van der Waals surface area contributed by atoms with Gasteiger partial charge in [-0.05, 0) is 75.2 Å². The average Bonchev–Trinajstić information content (AvgIpc) is 3.34. The molecule has 0 amide bonds. The van der Waals surface area contributed by atoms with Gasteiger partial charge in [0.15, 0.2) is 46.8 Å². The fraction of sp³-hybridized carbons (Fsp3) is 0.686. The second kappa shape index (κ2) is 37.9. The van der Waals surface area contributed by atoms with Gasteiger partial charge in [0.25, 0.3) is 0 Å². The van der Waals surface area contributed by atoms with E-state index in [4.69, 9.17) is 34.4 Å². The van der Waals surface area contributed by atoms with Gasteiger partial charge in [0.05, 0.1) is 69.5 Å². The summed E-state index contributed by atoms with van der Waals surface area (Å²) in [5.41, 5.74) is 33.9. The highest BCUT2D eigenvalue weighted by atomic mass is 19.1. The highest BCUT2D eigenvalue weighted by Crippen LogP contribution is 2.17. The average molecular weight is 1080 g/mol. The molecule has 0 bridgehead atoms. The summed E-state index contributed by atoms with van der Waals surface area (Å²) in [6.07, 6.45) is -2.16. The number of hydrogen-bond donors (Lipinski definition) is 13. The van der Waals surface area contributed by atoms with Crippen LogP contribution in [-0.2, 0) is 40.0 Å². The number of carbonyl (C=O) groups is 7. The van der Waals surface area contributed by atoms with Crippen LogP contribution in [0.3, 0.4) is 0 Å². The van der Waals surface area contributed by atoms with E-state index < -0.39 is 72.9 Å². The Hall–Kier alpha value is -5.70. The van der Waals surface area contributed by atoms with Gasteiger partial charge < -0.3 is 61.0 Å². The second-order valence-corrected chi connectivity index (χ2v) is 19.9. The largest absolute Gasteiger partial charge is 0.370 e. The Balaban J connectivity index is 2.41. The monoisotopic (exact) mass is 1070 g/mol. The van der Waals surface area contributed by atoms with Crippen LogP contribution in [0.25, 0.3) is 0 Å². The molecule has 1 aliphatic heterocycles. The topological polar surface area (TPSA) is 397 Å². The first-order valence-electron chi connectivity index (χ1n) is 26.4. The first-order chi connectivity index (χ1) is 36.1. The fourth-order valence-corrected chi connectivity index (χ4v) is 8.55. The van der Waals surface area contributed by atoms with E-state index in [2.05, 4.69) is 52.2 Å². The second-order valence-electron chi connectivity index (χ2n) is 19.9. The normalized spacial score (nSPS) is 25.1. The van der Waals surface area contributed by atoms with Crippen molar-refractivity contribution in [3.63, 3.8) is 0 Å². The molecule has 8 atom stereocenters. The van der Waals surface area contributed by atoms with Crippen LogP contribution < -0.4 is 71.6 Å². The fourth-order valence-electron chi connectivity index (χ4n) is 8.55. The Morgan fingerprint density at radius 1 is 0.539 bits per heavy atom. The number of rotatable bonds is 16. The van der Waals surface area contributed by atoms with E-state index in [1.165, 1.54) is 0 Å². The zero-order valence-electron chi connectivity index (χ0n) is 44.8. The van der Waals surface area contributed by atoms with Gasteiger partial charge >= 0.3 is 0 Å². The third-order valence-electron chi connectivity index (χ3n) is 12.4. The molecule has 1 heterocycles. The van der Waals surface area contributed by atoms with Crippen molar-refractivity contribution in [2.24, 2.45) is 61.2 Å². The summed E-state index contributed by atoms with van der Waals surface area (Å²) in [6.45, 7) is 4.49. The number of benzene rings is 1. The van der Waals surface area contributed by atoms with Gasteiger partial charge in [0.2, 0.25) is 0 Å². The number of hydrogen-bond acceptors (Lipinski definition) is 17. The summed E-state index contributed by atoms with van der Waals surface area (Å²) in [7, 11) is 0. The van der Waals surface area contributed by atoms with E-state index in [9.17, 15) is 33.6 Å². The van der Waals surface area contributed by atoms with E-state index in [0.717, 1.165) is 5.56 Å². The van der Waals surface area contributed by atoms with E-state index >= 15 is 8.78 Å². The molecule has 23 nitrogen and oxygen atoms in total. The summed E-state index contributed by atoms with van der Waals surface area (Å²) >= 11 is 0. The minimum atomic E-state index is -1.89. The molecule has 1 aromatic rings. The number of halogens is 2. The highest BCUT2D eigenvalue weighted by Gasteiger charge is 2.29. The molecule has 428 valence electrons. The minimum Gasteiger partial charge on any atom is -0.370 e. The molecule has 25 heteroatoms. The lowest BCUT2D eigenvalue weighted by atomic mass is 9.93. The third kappa shape index (κ3) is 30.8. The van der Waals surface area contributed by atoms with Gasteiger partial charge in [-0.2, -0.15) is 0 Å². The van der Waals surface area contributed by atoms with Crippen LogP contribution in [0.15, 0.2) is 45.3 Å². The smallest absolute Gasteiger partial charge is 0.185 e. The van der Waals surface area contributed by atoms with Crippen LogP contribution >= 0.6 is 0 Å². The molecular weight excluding hydrogens is 987 g/mol. The lowest BCUT2D eigenvalue weighted by molar-refractivity contribution is -0.125. The zero-order valence-corrected chi connectivity index (χ0v) is 44.8. The number of ketones is 7. The van der Waals surface area contributed by atoms with E-state index in [1.807, 2.05) is 44.2 Å². The van der Waals surface area contributed by atoms with Crippen LogP contribution in [0.4, 0.5) is 8.78 Å². The summed E-state index contributed by atoms with van der Waals surface area (Å²) in [5.74, 6) is -3.43. The number of nitrogens with one attached hydrogen (secondary N) is 7. The summed E-state index contributed by atoms with van der Waals surface area (Å²) in [5, 5.41) is 21.1. The Morgan fingerprint density at radius 2 is 1.01 bits per heavy atom. The number of nitrogens with zero attached hydrogens (tertiary/aromatic N) is 3. The Kier molecular flexibility index (Phi) is 33.2. The molecule has 1 saturated heterocycles. The van der Waals surface area contributed by atoms with Gasteiger partial charge in [-0.15, -0.1) is 0 Å². The number of aliphatic imine (C=N–C) groups is 3.